The number of carbonyl (C=O) groups is 1. The summed E-state index contributed by atoms with van der Waals surface area (Å²) in [4.78, 5) is 15.8. The Kier molecular flexibility index (Phi) is 4.59. The Bertz CT molecular complexity index is 566. The number of amides is 1. The van der Waals surface area contributed by atoms with Crippen LogP contribution in [-0.4, -0.2) is 32.8 Å². The summed E-state index contributed by atoms with van der Waals surface area (Å²) in [5.74, 6) is 1.20. The number of aromatic nitrogens is 4. The third-order valence-electron chi connectivity index (χ3n) is 2.43. The van der Waals surface area contributed by atoms with Crippen molar-refractivity contribution < 1.29 is 9.32 Å². The number of carbonyl (C=O) groups excluding carboxylic acids is 1. The molecule has 0 saturated heterocycles. The van der Waals surface area contributed by atoms with Crippen molar-refractivity contribution in [3.8, 4) is 0 Å². The lowest BCUT2D eigenvalue weighted by Crippen LogP contribution is -2.24. The van der Waals surface area contributed by atoms with Crippen LogP contribution in [0.1, 0.15) is 35.5 Å². The minimum absolute atomic E-state index is 0.188. The van der Waals surface area contributed by atoms with Gasteiger partial charge in [0.15, 0.2) is 11.5 Å². The predicted octanol–water partition coefficient (Wildman–Crippen LogP) is 0.920. The van der Waals surface area contributed by atoms with Gasteiger partial charge >= 0.3 is 0 Å². The van der Waals surface area contributed by atoms with Gasteiger partial charge in [0.2, 0.25) is 5.89 Å². The number of anilines is 1. The van der Waals surface area contributed by atoms with E-state index in [2.05, 4.69) is 37.9 Å². The van der Waals surface area contributed by atoms with E-state index in [4.69, 9.17) is 4.52 Å². The Hall–Kier alpha value is -2.51. The topological polar surface area (TPSA) is 106 Å². The molecule has 2 aromatic rings. The van der Waals surface area contributed by atoms with Crippen molar-refractivity contribution in [1.82, 2.24) is 25.7 Å². The number of rotatable bonds is 6. The molecule has 0 spiro atoms. The zero-order valence-electron chi connectivity index (χ0n) is 11.4. The van der Waals surface area contributed by atoms with Gasteiger partial charge in [0, 0.05) is 13.5 Å². The zero-order chi connectivity index (χ0) is 14.4. The highest BCUT2D eigenvalue weighted by atomic mass is 16.5. The SMILES string of the molecule is CCCNc1ccc(C(=O)NCc2noc(C)n2)nn1. The number of hydrogen-bond donors (Lipinski definition) is 2. The fourth-order valence-corrected chi connectivity index (χ4v) is 1.46. The monoisotopic (exact) mass is 276 g/mol. The van der Waals surface area contributed by atoms with Gasteiger partial charge in [-0.1, -0.05) is 12.1 Å². The van der Waals surface area contributed by atoms with Gasteiger partial charge in [-0.2, -0.15) is 4.98 Å². The molecule has 0 aromatic carbocycles. The number of aryl methyl sites for hydroxylation is 1. The summed E-state index contributed by atoms with van der Waals surface area (Å²) in [7, 11) is 0. The Labute approximate surface area is 116 Å². The van der Waals surface area contributed by atoms with Crippen molar-refractivity contribution in [2.45, 2.75) is 26.8 Å². The molecule has 0 bridgehead atoms. The van der Waals surface area contributed by atoms with Gasteiger partial charge in [-0.25, -0.2) is 0 Å². The van der Waals surface area contributed by atoms with Crippen LogP contribution in [0.5, 0.6) is 0 Å². The van der Waals surface area contributed by atoms with Gasteiger partial charge in [-0.15, -0.1) is 10.2 Å². The molecule has 0 aliphatic heterocycles. The van der Waals surface area contributed by atoms with Crippen LogP contribution in [0.15, 0.2) is 16.7 Å². The van der Waals surface area contributed by atoms with Gasteiger partial charge in [0.25, 0.3) is 5.91 Å². The molecule has 20 heavy (non-hydrogen) atoms. The Morgan fingerprint density at radius 3 is 2.80 bits per heavy atom. The second kappa shape index (κ2) is 6.60. The standard InChI is InChI=1S/C12H16N6O2/c1-3-6-13-10-5-4-9(16-17-10)12(19)14-7-11-15-8(2)20-18-11/h4-5H,3,6-7H2,1-2H3,(H,13,17)(H,14,19). The highest BCUT2D eigenvalue weighted by Crippen LogP contribution is 2.02. The van der Waals surface area contributed by atoms with E-state index >= 15 is 0 Å². The van der Waals surface area contributed by atoms with Gasteiger partial charge in [0.1, 0.15) is 5.82 Å². The van der Waals surface area contributed by atoms with E-state index in [9.17, 15) is 4.79 Å². The summed E-state index contributed by atoms with van der Waals surface area (Å²) in [6.45, 7) is 4.75. The van der Waals surface area contributed by atoms with Crippen LogP contribution >= 0.6 is 0 Å². The van der Waals surface area contributed by atoms with Crippen LogP contribution in [-0.2, 0) is 6.54 Å². The van der Waals surface area contributed by atoms with Gasteiger partial charge in [-0.05, 0) is 18.6 Å². The van der Waals surface area contributed by atoms with Crippen molar-refractivity contribution in [3.63, 3.8) is 0 Å². The largest absolute Gasteiger partial charge is 0.369 e. The molecular weight excluding hydrogens is 260 g/mol. The van der Waals surface area contributed by atoms with Crippen LogP contribution < -0.4 is 10.6 Å². The van der Waals surface area contributed by atoms with Crippen LogP contribution in [0.3, 0.4) is 0 Å². The molecule has 106 valence electrons. The van der Waals surface area contributed by atoms with E-state index in [1.807, 2.05) is 0 Å². The summed E-state index contributed by atoms with van der Waals surface area (Å²) in [6, 6.07) is 3.33. The van der Waals surface area contributed by atoms with Crippen molar-refractivity contribution in [3.05, 3.63) is 29.5 Å². The first-order valence-corrected chi connectivity index (χ1v) is 6.34. The number of nitrogens with one attached hydrogen (secondary N) is 2. The highest BCUT2D eigenvalue weighted by Gasteiger charge is 2.09. The Morgan fingerprint density at radius 2 is 2.20 bits per heavy atom. The molecule has 2 N–H and O–H groups in total. The quantitative estimate of drug-likeness (QED) is 0.808. The van der Waals surface area contributed by atoms with E-state index in [0.29, 0.717) is 17.5 Å². The van der Waals surface area contributed by atoms with Crippen LogP contribution in [0.4, 0.5) is 5.82 Å². The van der Waals surface area contributed by atoms with E-state index in [1.165, 1.54) is 0 Å². The highest BCUT2D eigenvalue weighted by molar-refractivity contribution is 5.92. The van der Waals surface area contributed by atoms with Crippen molar-refractivity contribution in [2.75, 3.05) is 11.9 Å². The maximum Gasteiger partial charge on any atom is 0.272 e. The average Bonchev–Trinajstić information content (AvgIpc) is 2.89. The second-order valence-corrected chi connectivity index (χ2v) is 4.14. The summed E-state index contributed by atoms with van der Waals surface area (Å²) in [5.41, 5.74) is 0.243. The predicted molar refractivity (Wildman–Crippen MR) is 71.0 cm³/mol. The lowest BCUT2D eigenvalue weighted by Gasteiger charge is -2.04. The minimum Gasteiger partial charge on any atom is -0.369 e. The fourth-order valence-electron chi connectivity index (χ4n) is 1.46. The Balaban J connectivity index is 1.88. The molecule has 8 nitrogen and oxygen atoms in total. The first kappa shape index (κ1) is 13.9. The number of hydrogen-bond acceptors (Lipinski definition) is 7. The third kappa shape index (κ3) is 3.74. The molecule has 8 heteroatoms. The van der Waals surface area contributed by atoms with Gasteiger partial charge in [0.05, 0.1) is 6.54 Å². The second-order valence-electron chi connectivity index (χ2n) is 4.14. The molecule has 0 aliphatic rings. The first-order valence-electron chi connectivity index (χ1n) is 6.34. The normalized spacial score (nSPS) is 10.3. The molecular formula is C12H16N6O2. The van der Waals surface area contributed by atoms with E-state index < -0.39 is 0 Å². The Morgan fingerprint density at radius 1 is 1.35 bits per heavy atom. The van der Waals surface area contributed by atoms with Crippen LogP contribution in [0.25, 0.3) is 0 Å². The maximum absolute atomic E-state index is 11.8. The molecule has 0 atom stereocenters. The average molecular weight is 276 g/mol. The summed E-state index contributed by atoms with van der Waals surface area (Å²) < 4.78 is 4.81. The lowest BCUT2D eigenvalue weighted by molar-refractivity contribution is 0.0943. The fraction of sp³-hybridized carbons (Fsp3) is 0.417. The van der Waals surface area contributed by atoms with Gasteiger partial charge < -0.3 is 15.2 Å². The molecule has 2 rings (SSSR count). The molecule has 0 unspecified atom stereocenters. The molecule has 0 saturated carbocycles. The zero-order valence-corrected chi connectivity index (χ0v) is 11.4. The van der Waals surface area contributed by atoms with Crippen molar-refractivity contribution in [2.24, 2.45) is 0 Å². The third-order valence-corrected chi connectivity index (χ3v) is 2.43. The molecule has 0 aliphatic carbocycles. The summed E-state index contributed by atoms with van der Waals surface area (Å²) in [5, 5.41) is 17.2. The molecule has 2 aromatic heterocycles. The summed E-state index contributed by atoms with van der Waals surface area (Å²) >= 11 is 0. The number of nitrogens with zero attached hydrogens (tertiary/aromatic N) is 4. The van der Waals surface area contributed by atoms with Crippen molar-refractivity contribution >= 4 is 11.7 Å². The minimum atomic E-state index is -0.331. The smallest absolute Gasteiger partial charge is 0.272 e. The van der Waals surface area contributed by atoms with Crippen LogP contribution in [0, 0.1) is 6.92 Å². The maximum atomic E-state index is 11.8. The van der Waals surface area contributed by atoms with E-state index in [0.717, 1.165) is 13.0 Å². The molecule has 1 amide bonds. The summed E-state index contributed by atoms with van der Waals surface area (Å²) in [6.07, 6.45) is 0.994. The first-order chi connectivity index (χ1) is 9.69. The van der Waals surface area contributed by atoms with Crippen LogP contribution in [0.2, 0.25) is 0 Å². The molecule has 0 radical (unpaired) electrons. The van der Waals surface area contributed by atoms with Gasteiger partial charge in [-0.3, -0.25) is 4.79 Å². The van der Waals surface area contributed by atoms with E-state index in [1.54, 1.807) is 19.1 Å². The van der Waals surface area contributed by atoms with Crippen molar-refractivity contribution in [1.29, 1.82) is 0 Å². The lowest BCUT2D eigenvalue weighted by atomic mass is 10.3. The molecule has 2 heterocycles. The van der Waals surface area contributed by atoms with E-state index in [-0.39, 0.29) is 18.1 Å². The molecule has 0 fully saturated rings.